The second-order valence-electron chi connectivity index (χ2n) is 3.63. The largest absolute Gasteiger partial charge is 0.273 e. The SMILES string of the molecule is CCn1cc(C(NN)c2ccc(Cl)cn2)cn1. The minimum atomic E-state index is -0.174. The van der Waals surface area contributed by atoms with Crippen LogP contribution in [0.3, 0.4) is 0 Å². The molecule has 0 saturated carbocycles. The van der Waals surface area contributed by atoms with Crippen LogP contribution in [0.25, 0.3) is 0 Å². The zero-order valence-corrected chi connectivity index (χ0v) is 10.2. The zero-order valence-electron chi connectivity index (χ0n) is 9.47. The number of halogens is 1. The van der Waals surface area contributed by atoms with Gasteiger partial charge in [-0.3, -0.25) is 15.5 Å². The van der Waals surface area contributed by atoms with E-state index in [1.54, 1.807) is 18.5 Å². The maximum Gasteiger partial charge on any atom is 0.0911 e. The summed E-state index contributed by atoms with van der Waals surface area (Å²) in [6.45, 7) is 2.85. The van der Waals surface area contributed by atoms with Gasteiger partial charge in [0.2, 0.25) is 0 Å². The Labute approximate surface area is 105 Å². The summed E-state index contributed by atoms with van der Waals surface area (Å²) in [5.41, 5.74) is 4.52. The summed E-state index contributed by atoms with van der Waals surface area (Å²) in [7, 11) is 0. The van der Waals surface area contributed by atoms with Crippen LogP contribution in [0.15, 0.2) is 30.7 Å². The highest BCUT2D eigenvalue weighted by atomic mass is 35.5. The average molecular weight is 252 g/mol. The fourth-order valence-corrected chi connectivity index (χ4v) is 1.72. The van der Waals surface area contributed by atoms with Crippen LogP contribution in [0.5, 0.6) is 0 Å². The molecule has 2 rings (SSSR count). The third kappa shape index (κ3) is 2.63. The molecule has 1 unspecified atom stereocenters. The molecule has 6 heteroatoms. The maximum absolute atomic E-state index is 5.80. The Morgan fingerprint density at radius 1 is 1.47 bits per heavy atom. The molecule has 2 aromatic rings. The molecule has 0 aliphatic rings. The van der Waals surface area contributed by atoms with Crippen LogP contribution in [-0.2, 0) is 6.54 Å². The average Bonchev–Trinajstić information content (AvgIpc) is 2.81. The van der Waals surface area contributed by atoms with E-state index in [0.717, 1.165) is 17.8 Å². The lowest BCUT2D eigenvalue weighted by Gasteiger charge is -2.13. The van der Waals surface area contributed by atoms with E-state index in [-0.39, 0.29) is 6.04 Å². The van der Waals surface area contributed by atoms with Gasteiger partial charge in [-0.05, 0) is 19.1 Å². The topological polar surface area (TPSA) is 68.8 Å². The van der Waals surface area contributed by atoms with E-state index in [1.165, 1.54) is 0 Å². The van der Waals surface area contributed by atoms with Gasteiger partial charge in [-0.15, -0.1) is 0 Å². The Hall–Kier alpha value is -1.43. The molecule has 90 valence electrons. The molecule has 0 amide bonds. The molecule has 0 aromatic carbocycles. The predicted octanol–water partition coefficient (Wildman–Crippen LogP) is 1.50. The number of rotatable bonds is 4. The van der Waals surface area contributed by atoms with Crippen molar-refractivity contribution in [1.82, 2.24) is 20.2 Å². The predicted molar refractivity (Wildman–Crippen MR) is 66.3 cm³/mol. The summed E-state index contributed by atoms with van der Waals surface area (Å²) in [6, 6.07) is 3.46. The van der Waals surface area contributed by atoms with Gasteiger partial charge in [-0.2, -0.15) is 5.10 Å². The smallest absolute Gasteiger partial charge is 0.0911 e. The second-order valence-corrected chi connectivity index (χ2v) is 4.07. The number of nitrogens with zero attached hydrogens (tertiary/aromatic N) is 3. The van der Waals surface area contributed by atoms with E-state index < -0.39 is 0 Å². The van der Waals surface area contributed by atoms with Crippen molar-refractivity contribution in [3.05, 3.63) is 47.0 Å². The number of pyridine rings is 1. The normalized spacial score (nSPS) is 12.6. The first-order chi connectivity index (χ1) is 8.24. The van der Waals surface area contributed by atoms with Crippen molar-refractivity contribution < 1.29 is 0 Å². The van der Waals surface area contributed by atoms with Gasteiger partial charge < -0.3 is 0 Å². The van der Waals surface area contributed by atoms with Gasteiger partial charge in [0.1, 0.15) is 0 Å². The summed E-state index contributed by atoms with van der Waals surface area (Å²) in [6.07, 6.45) is 5.33. The Kier molecular flexibility index (Phi) is 3.73. The molecule has 0 radical (unpaired) electrons. The molecule has 0 spiro atoms. The first kappa shape index (κ1) is 12.0. The molecule has 5 nitrogen and oxygen atoms in total. The Morgan fingerprint density at radius 2 is 2.29 bits per heavy atom. The van der Waals surface area contributed by atoms with Gasteiger partial charge in [0.25, 0.3) is 0 Å². The fraction of sp³-hybridized carbons (Fsp3) is 0.273. The minimum Gasteiger partial charge on any atom is -0.273 e. The van der Waals surface area contributed by atoms with Gasteiger partial charge in [0, 0.05) is 24.5 Å². The first-order valence-corrected chi connectivity index (χ1v) is 5.72. The summed E-state index contributed by atoms with van der Waals surface area (Å²) in [5, 5.41) is 4.82. The maximum atomic E-state index is 5.80. The lowest BCUT2D eigenvalue weighted by Crippen LogP contribution is -2.29. The number of aromatic nitrogens is 3. The molecule has 17 heavy (non-hydrogen) atoms. The minimum absolute atomic E-state index is 0.174. The van der Waals surface area contributed by atoms with Crippen LogP contribution in [0.2, 0.25) is 5.02 Å². The third-order valence-corrected chi connectivity index (χ3v) is 2.75. The van der Waals surface area contributed by atoms with E-state index >= 15 is 0 Å². The lowest BCUT2D eigenvalue weighted by molar-refractivity contribution is 0.616. The highest BCUT2D eigenvalue weighted by Gasteiger charge is 2.15. The van der Waals surface area contributed by atoms with Gasteiger partial charge in [-0.25, -0.2) is 5.43 Å². The number of nitrogens with one attached hydrogen (secondary N) is 1. The molecule has 0 bridgehead atoms. The first-order valence-electron chi connectivity index (χ1n) is 5.34. The molecule has 1 atom stereocenters. The number of hydrogen-bond donors (Lipinski definition) is 2. The summed E-state index contributed by atoms with van der Waals surface area (Å²) in [5.74, 6) is 5.57. The number of aryl methyl sites for hydroxylation is 1. The molecule has 0 saturated heterocycles. The van der Waals surface area contributed by atoms with E-state index in [1.807, 2.05) is 23.9 Å². The number of hydrazine groups is 1. The Bertz CT molecular complexity index is 479. The molecular formula is C11H14ClN5. The van der Waals surface area contributed by atoms with Crippen molar-refractivity contribution >= 4 is 11.6 Å². The van der Waals surface area contributed by atoms with Crippen LogP contribution < -0.4 is 11.3 Å². The van der Waals surface area contributed by atoms with Gasteiger partial charge >= 0.3 is 0 Å². The summed E-state index contributed by atoms with van der Waals surface area (Å²) >= 11 is 5.80. The van der Waals surface area contributed by atoms with E-state index in [9.17, 15) is 0 Å². The number of hydrogen-bond acceptors (Lipinski definition) is 4. The van der Waals surface area contributed by atoms with E-state index in [0.29, 0.717) is 5.02 Å². The fourth-order valence-electron chi connectivity index (χ4n) is 1.61. The standard InChI is InChI=1S/C11H14ClN5/c1-2-17-7-8(5-15-17)11(16-13)10-4-3-9(12)6-14-10/h3-7,11,16H,2,13H2,1H3. The monoisotopic (exact) mass is 251 g/mol. The molecular weight excluding hydrogens is 238 g/mol. The van der Waals surface area contributed by atoms with Crippen molar-refractivity contribution in [3.8, 4) is 0 Å². The van der Waals surface area contributed by atoms with Crippen LogP contribution in [0, 0.1) is 0 Å². The van der Waals surface area contributed by atoms with Crippen molar-refractivity contribution in [1.29, 1.82) is 0 Å². The van der Waals surface area contributed by atoms with Gasteiger partial charge in [-0.1, -0.05) is 11.6 Å². The van der Waals surface area contributed by atoms with Crippen LogP contribution in [0.1, 0.15) is 24.2 Å². The lowest BCUT2D eigenvalue weighted by atomic mass is 10.1. The highest BCUT2D eigenvalue weighted by molar-refractivity contribution is 6.30. The van der Waals surface area contributed by atoms with Gasteiger partial charge in [0.05, 0.1) is 23.0 Å². The molecule has 0 fully saturated rings. The zero-order chi connectivity index (χ0) is 12.3. The van der Waals surface area contributed by atoms with E-state index in [4.69, 9.17) is 17.4 Å². The third-order valence-electron chi connectivity index (χ3n) is 2.52. The molecule has 2 aromatic heterocycles. The highest BCUT2D eigenvalue weighted by Crippen LogP contribution is 2.20. The second kappa shape index (κ2) is 5.27. The van der Waals surface area contributed by atoms with Crippen LogP contribution >= 0.6 is 11.6 Å². The summed E-state index contributed by atoms with van der Waals surface area (Å²) in [4.78, 5) is 4.25. The molecule has 0 aliphatic carbocycles. The van der Waals surface area contributed by atoms with Crippen molar-refractivity contribution in [2.24, 2.45) is 5.84 Å². The van der Waals surface area contributed by atoms with Crippen molar-refractivity contribution in [2.75, 3.05) is 0 Å². The van der Waals surface area contributed by atoms with Crippen LogP contribution in [0.4, 0.5) is 0 Å². The summed E-state index contributed by atoms with van der Waals surface area (Å²) < 4.78 is 1.84. The Balaban J connectivity index is 2.29. The quantitative estimate of drug-likeness (QED) is 0.638. The van der Waals surface area contributed by atoms with E-state index in [2.05, 4.69) is 15.5 Å². The number of nitrogens with two attached hydrogens (primary N) is 1. The van der Waals surface area contributed by atoms with Crippen molar-refractivity contribution in [2.45, 2.75) is 19.5 Å². The molecule has 0 aliphatic heterocycles. The van der Waals surface area contributed by atoms with Crippen molar-refractivity contribution in [3.63, 3.8) is 0 Å². The Morgan fingerprint density at radius 3 is 2.82 bits per heavy atom. The van der Waals surface area contributed by atoms with Gasteiger partial charge in [0.15, 0.2) is 0 Å². The van der Waals surface area contributed by atoms with Crippen LogP contribution in [-0.4, -0.2) is 14.8 Å². The molecule has 3 N–H and O–H groups in total. The molecule has 2 heterocycles.